The number of benzene rings is 2. The van der Waals surface area contributed by atoms with Gasteiger partial charge < -0.3 is 15.4 Å². The number of anilines is 2. The standard InChI is InChI=1S/C29H30F2N6O3S/c1-3-4-15-41(38,39)37-26-20-10-9-18(2)27(22(20)16-23(30)25(26)31)40-28-21(8-6-13-33-28)24-11-14-34-29(36-24)35-19-7-5-12-32-17-19/h4,6,8-11,13-16,19,32,37H,3,5,7,12,17H2,1-2H3,(H,34,35,36)/b15-4-/t19-/m0/s1. The molecule has 3 N–H and O–H groups in total. The molecule has 5 rings (SSSR count). The molecule has 2 aromatic heterocycles. The molecule has 214 valence electrons. The Morgan fingerprint density at radius 3 is 2.78 bits per heavy atom. The summed E-state index contributed by atoms with van der Waals surface area (Å²) in [6.07, 6.45) is 7.12. The molecule has 0 aliphatic carbocycles. The number of aryl methyl sites for hydroxylation is 1. The largest absolute Gasteiger partial charge is 0.437 e. The first-order valence-corrected chi connectivity index (χ1v) is 14.8. The molecule has 2 aromatic carbocycles. The second-order valence-corrected chi connectivity index (χ2v) is 11.3. The molecule has 0 spiro atoms. The van der Waals surface area contributed by atoms with Crippen LogP contribution in [0.3, 0.4) is 0 Å². The van der Waals surface area contributed by atoms with E-state index in [-0.39, 0.29) is 28.4 Å². The molecular formula is C29H30F2N6O3S. The van der Waals surface area contributed by atoms with Crippen molar-refractivity contribution in [2.45, 2.75) is 39.2 Å². The first-order valence-electron chi connectivity index (χ1n) is 13.3. The molecule has 1 aliphatic rings. The van der Waals surface area contributed by atoms with E-state index in [1.807, 2.05) is 0 Å². The molecule has 1 fully saturated rings. The molecule has 12 heteroatoms. The summed E-state index contributed by atoms with van der Waals surface area (Å²) in [7, 11) is -4.08. The predicted octanol–water partition coefficient (Wildman–Crippen LogP) is 5.90. The lowest BCUT2D eigenvalue weighted by Crippen LogP contribution is -2.38. The van der Waals surface area contributed by atoms with E-state index >= 15 is 0 Å². The normalized spacial score (nSPS) is 15.8. The topological polar surface area (TPSA) is 118 Å². The van der Waals surface area contributed by atoms with Gasteiger partial charge in [-0.1, -0.05) is 25.1 Å². The molecule has 0 bridgehead atoms. The Morgan fingerprint density at radius 2 is 2.00 bits per heavy atom. The monoisotopic (exact) mass is 580 g/mol. The zero-order chi connectivity index (χ0) is 29.0. The molecule has 41 heavy (non-hydrogen) atoms. The quantitative estimate of drug-likeness (QED) is 0.224. The molecular weight excluding hydrogens is 550 g/mol. The van der Waals surface area contributed by atoms with E-state index in [9.17, 15) is 17.2 Å². The van der Waals surface area contributed by atoms with E-state index in [1.165, 1.54) is 12.1 Å². The van der Waals surface area contributed by atoms with Crippen molar-refractivity contribution >= 4 is 32.4 Å². The fourth-order valence-corrected chi connectivity index (χ4v) is 5.63. The van der Waals surface area contributed by atoms with Crippen LogP contribution < -0.4 is 20.1 Å². The fourth-order valence-electron chi connectivity index (χ4n) is 4.63. The van der Waals surface area contributed by atoms with Gasteiger partial charge in [-0.05, 0) is 62.6 Å². The number of halogens is 2. The van der Waals surface area contributed by atoms with Crippen LogP contribution in [0.5, 0.6) is 11.6 Å². The number of rotatable bonds is 9. The maximum Gasteiger partial charge on any atom is 0.254 e. The minimum absolute atomic E-state index is 0.130. The van der Waals surface area contributed by atoms with Gasteiger partial charge in [0.2, 0.25) is 11.8 Å². The minimum atomic E-state index is -4.08. The molecule has 0 unspecified atom stereocenters. The molecule has 1 saturated heterocycles. The molecule has 0 amide bonds. The number of aromatic nitrogens is 3. The van der Waals surface area contributed by atoms with Crippen LogP contribution in [0.25, 0.3) is 22.0 Å². The van der Waals surface area contributed by atoms with Crippen LogP contribution in [-0.4, -0.2) is 42.5 Å². The van der Waals surface area contributed by atoms with Crippen LogP contribution in [0.4, 0.5) is 20.4 Å². The Hall–Kier alpha value is -4.16. The third-order valence-electron chi connectivity index (χ3n) is 6.65. The minimum Gasteiger partial charge on any atom is -0.437 e. The second kappa shape index (κ2) is 12.1. The van der Waals surface area contributed by atoms with Gasteiger partial charge >= 0.3 is 0 Å². The molecule has 9 nitrogen and oxygen atoms in total. The average molecular weight is 581 g/mol. The van der Waals surface area contributed by atoms with Crippen molar-refractivity contribution in [3.63, 3.8) is 0 Å². The summed E-state index contributed by atoms with van der Waals surface area (Å²) < 4.78 is 63.2. The lowest BCUT2D eigenvalue weighted by Gasteiger charge is -2.23. The fraction of sp³-hybridized carbons (Fsp3) is 0.276. The van der Waals surface area contributed by atoms with Gasteiger partial charge in [-0.3, -0.25) is 4.72 Å². The molecule has 1 aliphatic heterocycles. The number of ether oxygens (including phenoxy) is 1. The zero-order valence-electron chi connectivity index (χ0n) is 22.6. The van der Waals surface area contributed by atoms with Gasteiger partial charge in [-0.25, -0.2) is 32.2 Å². The van der Waals surface area contributed by atoms with Gasteiger partial charge in [-0.2, -0.15) is 0 Å². The van der Waals surface area contributed by atoms with Crippen molar-refractivity contribution < 1.29 is 21.9 Å². The predicted molar refractivity (Wildman–Crippen MR) is 155 cm³/mol. The number of fused-ring (bicyclic) bond motifs is 1. The van der Waals surface area contributed by atoms with E-state index in [1.54, 1.807) is 50.5 Å². The molecule has 3 heterocycles. The second-order valence-electron chi connectivity index (χ2n) is 9.69. The maximum atomic E-state index is 14.9. The molecule has 0 saturated carbocycles. The van der Waals surface area contributed by atoms with Crippen LogP contribution in [-0.2, 0) is 10.0 Å². The van der Waals surface area contributed by atoms with Crippen LogP contribution in [0.2, 0.25) is 0 Å². The summed E-state index contributed by atoms with van der Waals surface area (Å²) in [5.74, 6) is -1.68. The van der Waals surface area contributed by atoms with Crippen molar-refractivity contribution in [1.29, 1.82) is 0 Å². The Bertz CT molecular complexity index is 1710. The molecule has 4 aromatic rings. The number of nitrogens with zero attached hydrogens (tertiary/aromatic N) is 3. The zero-order valence-corrected chi connectivity index (χ0v) is 23.4. The summed E-state index contributed by atoms with van der Waals surface area (Å²) in [6, 6.07) is 9.62. The number of allylic oxidation sites excluding steroid dienone is 1. The Labute approximate surface area is 237 Å². The van der Waals surface area contributed by atoms with E-state index in [2.05, 4.69) is 30.3 Å². The van der Waals surface area contributed by atoms with Gasteiger partial charge in [0.25, 0.3) is 10.0 Å². The number of pyridine rings is 1. The van der Waals surface area contributed by atoms with Crippen molar-refractivity contribution in [2.24, 2.45) is 0 Å². The van der Waals surface area contributed by atoms with Crippen LogP contribution in [0, 0.1) is 18.6 Å². The van der Waals surface area contributed by atoms with Gasteiger partial charge in [0.15, 0.2) is 11.6 Å². The van der Waals surface area contributed by atoms with Gasteiger partial charge in [0.05, 0.1) is 16.9 Å². The Kier molecular flexibility index (Phi) is 8.41. The summed E-state index contributed by atoms with van der Waals surface area (Å²) in [4.78, 5) is 13.4. The van der Waals surface area contributed by atoms with E-state index in [4.69, 9.17) is 4.74 Å². The molecule has 0 radical (unpaired) electrons. The molecule has 1 atom stereocenters. The van der Waals surface area contributed by atoms with Gasteiger partial charge in [-0.15, -0.1) is 0 Å². The van der Waals surface area contributed by atoms with Crippen LogP contribution in [0.1, 0.15) is 31.7 Å². The highest BCUT2D eigenvalue weighted by Gasteiger charge is 2.22. The highest BCUT2D eigenvalue weighted by atomic mass is 32.2. The Morgan fingerprint density at radius 1 is 1.15 bits per heavy atom. The summed E-state index contributed by atoms with van der Waals surface area (Å²) in [6.45, 7) is 5.31. The van der Waals surface area contributed by atoms with E-state index in [0.29, 0.717) is 29.2 Å². The van der Waals surface area contributed by atoms with E-state index in [0.717, 1.165) is 37.4 Å². The third kappa shape index (κ3) is 6.44. The highest BCUT2D eigenvalue weighted by Crippen LogP contribution is 2.40. The average Bonchev–Trinajstić information content (AvgIpc) is 2.97. The number of piperidine rings is 1. The lowest BCUT2D eigenvalue weighted by molar-refractivity contribution is 0.465. The smallest absolute Gasteiger partial charge is 0.254 e. The first-order chi connectivity index (χ1) is 19.8. The number of hydrogen-bond donors (Lipinski definition) is 3. The van der Waals surface area contributed by atoms with Crippen LogP contribution >= 0.6 is 0 Å². The van der Waals surface area contributed by atoms with Crippen molar-refractivity contribution in [1.82, 2.24) is 20.3 Å². The number of nitrogens with one attached hydrogen (secondary N) is 3. The van der Waals surface area contributed by atoms with Crippen molar-refractivity contribution in [3.8, 4) is 22.9 Å². The summed E-state index contributed by atoms with van der Waals surface area (Å²) in [5.41, 5.74) is 1.22. The highest BCUT2D eigenvalue weighted by molar-refractivity contribution is 7.95. The van der Waals surface area contributed by atoms with E-state index < -0.39 is 27.3 Å². The van der Waals surface area contributed by atoms with Crippen molar-refractivity contribution in [3.05, 3.63) is 77.5 Å². The first kappa shape index (κ1) is 28.4. The third-order valence-corrected chi connectivity index (χ3v) is 7.69. The number of sulfonamides is 1. The number of hydrogen-bond acceptors (Lipinski definition) is 8. The van der Waals surface area contributed by atoms with Gasteiger partial charge in [0, 0.05) is 41.2 Å². The van der Waals surface area contributed by atoms with Crippen molar-refractivity contribution in [2.75, 3.05) is 23.1 Å². The van der Waals surface area contributed by atoms with Crippen LogP contribution in [0.15, 0.2) is 60.3 Å². The Balaban J connectivity index is 1.54. The maximum absolute atomic E-state index is 14.9. The summed E-state index contributed by atoms with van der Waals surface area (Å²) >= 11 is 0. The SMILES string of the molecule is CC/C=C\S(=O)(=O)Nc1c(F)c(F)cc2c(Oc3ncccc3-c3ccnc(N[C@H]4CCCNC4)n3)c(C)ccc12. The van der Waals surface area contributed by atoms with Gasteiger partial charge in [0.1, 0.15) is 5.75 Å². The summed E-state index contributed by atoms with van der Waals surface area (Å²) in [5, 5.41) is 7.93. The lowest BCUT2D eigenvalue weighted by atomic mass is 10.0.